The molecule has 3 rings (SSSR count). The SMILES string of the molecule is C[C@H](Nc1c([N+](=O)[O-])c(=O)n(C)c2ccccc12)c1ccccc1. The first-order chi connectivity index (χ1) is 11.5. The zero-order valence-electron chi connectivity index (χ0n) is 13.4. The van der Waals surface area contributed by atoms with Crippen LogP contribution in [0.2, 0.25) is 0 Å². The second-order valence-corrected chi connectivity index (χ2v) is 5.64. The van der Waals surface area contributed by atoms with Gasteiger partial charge in [0, 0.05) is 18.5 Å². The quantitative estimate of drug-likeness (QED) is 0.587. The van der Waals surface area contributed by atoms with Crippen molar-refractivity contribution in [3.63, 3.8) is 0 Å². The normalized spacial score (nSPS) is 12.1. The van der Waals surface area contributed by atoms with E-state index < -0.39 is 16.2 Å². The van der Waals surface area contributed by atoms with Gasteiger partial charge in [-0.2, -0.15) is 0 Å². The molecular formula is C18H17N3O3. The molecule has 0 unspecified atom stereocenters. The number of nitrogens with one attached hydrogen (secondary N) is 1. The number of aromatic nitrogens is 1. The molecule has 0 aliphatic heterocycles. The molecule has 122 valence electrons. The van der Waals surface area contributed by atoms with E-state index in [9.17, 15) is 14.9 Å². The Labute approximate surface area is 138 Å². The van der Waals surface area contributed by atoms with Gasteiger partial charge < -0.3 is 9.88 Å². The molecule has 6 nitrogen and oxygen atoms in total. The highest BCUT2D eigenvalue weighted by Gasteiger charge is 2.25. The standard InChI is InChI=1S/C18H17N3O3/c1-12(13-8-4-3-5-9-13)19-16-14-10-6-7-11-15(14)20(2)18(22)17(16)21(23)24/h3-12,19H,1-2H3/t12-/m0/s1. The number of benzene rings is 2. The molecule has 0 aliphatic rings. The zero-order valence-corrected chi connectivity index (χ0v) is 13.4. The second kappa shape index (κ2) is 6.16. The Morgan fingerprint density at radius 1 is 1.08 bits per heavy atom. The summed E-state index contributed by atoms with van der Waals surface area (Å²) in [6, 6.07) is 16.6. The smallest absolute Gasteiger partial charge is 0.357 e. The van der Waals surface area contributed by atoms with Gasteiger partial charge in [-0.25, -0.2) is 0 Å². The topological polar surface area (TPSA) is 77.2 Å². The minimum Gasteiger partial charge on any atom is -0.372 e. The summed E-state index contributed by atoms with van der Waals surface area (Å²) < 4.78 is 1.31. The van der Waals surface area contributed by atoms with Crippen molar-refractivity contribution >= 4 is 22.3 Å². The van der Waals surface area contributed by atoms with E-state index in [4.69, 9.17) is 0 Å². The lowest BCUT2D eigenvalue weighted by atomic mass is 10.1. The third-order valence-electron chi connectivity index (χ3n) is 4.12. The van der Waals surface area contributed by atoms with E-state index >= 15 is 0 Å². The van der Waals surface area contributed by atoms with Crippen LogP contribution < -0.4 is 10.9 Å². The molecule has 0 spiro atoms. The Hall–Kier alpha value is -3.15. The summed E-state index contributed by atoms with van der Waals surface area (Å²) in [7, 11) is 1.54. The number of hydrogen-bond acceptors (Lipinski definition) is 4. The number of fused-ring (bicyclic) bond motifs is 1. The van der Waals surface area contributed by atoms with E-state index in [-0.39, 0.29) is 11.7 Å². The van der Waals surface area contributed by atoms with E-state index in [1.54, 1.807) is 31.3 Å². The average Bonchev–Trinajstić information content (AvgIpc) is 2.60. The Kier molecular flexibility index (Phi) is 4.04. The fraction of sp³-hybridized carbons (Fsp3) is 0.167. The first kappa shape index (κ1) is 15.7. The third kappa shape index (κ3) is 2.62. The Morgan fingerprint density at radius 3 is 2.38 bits per heavy atom. The predicted molar refractivity (Wildman–Crippen MR) is 94.3 cm³/mol. The number of rotatable bonds is 4. The molecule has 0 radical (unpaired) electrons. The van der Waals surface area contributed by atoms with Gasteiger partial charge in [-0.15, -0.1) is 0 Å². The van der Waals surface area contributed by atoms with Crippen molar-refractivity contribution in [2.45, 2.75) is 13.0 Å². The number of nitro groups is 1. The Balaban J connectivity index is 2.22. The summed E-state index contributed by atoms with van der Waals surface area (Å²) in [5.41, 5.74) is 0.836. The highest BCUT2D eigenvalue weighted by molar-refractivity contribution is 5.96. The molecule has 1 heterocycles. The molecule has 1 aromatic heterocycles. The average molecular weight is 323 g/mol. The van der Waals surface area contributed by atoms with Gasteiger partial charge in [0.1, 0.15) is 5.69 Å². The Morgan fingerprint density at radius 2 is 1.71 bits per heavy atom. The van der Waals surface area contributed by atoms with Gasteiger partial charge in [0.05, 0.1) is 10.4 Å². The summed E-state index contributed by atoms with van der Waals surface area (Å²) in [6.07, 6.45) is 0. The molecule has 0 aliphatic carbocycles. The molecule has 1 N–H and O–H groups in total. The van der Waals surface area contributed by atoms with Crippen LogP contribution in [0.15, 0.2) is 59.4 Å². The Bertz CT molecular complexity index is 964. The molecule has 24 heavy (non-hydrogen) atoms. The molecule has 2 aromatic carbocycles. The van der Waals surface area contributed by atoms with Gasteiger partial charge in [-0.3, -0.25) is 14.9 Å². The van der Waals surface area contributed by atoms with Crippen molar-refractivity contribution in [2.75, 3.05) is 5.32 Å². The van der Waals surface area contributed by atoms with Crippen LogP contribution in [-0.2, 0) is 7.05 Å². The zero-order chi connectivity index (χ0) is 17.3. The summed E-state index contributed by atoms with van der Waals surface area (Å²) in [5.74, 6) is 0. The first-order valence-electron chi connectivity index (χ1n) is 7.58. The monoisotopic (exact) mass is 323 g/mol. The molecule has 0 saturated heterocycles. The number of anilines is 1. The summed E-state index contributed by atoms with van der Waals surface area (Å²) in [4.78, 5) is 23.3. The maximum absolute atomic E-state index is 12.4. The summed E-state index contributed by atoms with van der Waals surface area (Å²) >= 11 is 0. The van der Waals surface area contributed by atoms with Crippen molar-refractivity contribution in [3.8, 4) is 0 Å². The van der Waals surface area contributed by atoms with Crippen LogP contribution in [0.25, 0.3) is 10.9 Å². The maximum Gasteiger partial charge on any atom is 0.357 e. The van der Waals surface area contributed by atoms with Crippen LogP contribution in [0, 0.1) is 10.1 Å². The molecule has 6 heteroatoms. The predicted octanol–water partition coefficient (Wildman–Crippen LogP) is 3.62. The van der Waals surface area contributed by atoms with Gasteiger partial charge >= 0.3 is 11.2 Å². The largest absolute Gasteiger partial charge is 0.372 e. The number of aryl methyl sites for hydroxylation is 1. The van der Waals surface area contributed by atoms with Gasteiger partial charge in [0.2, 0.25) is 0 Å². The van der Waals surface area contributed by atoms with Crippen molar-refractivity contribution < 1.29 is 4.92 Å². The van der Waals surface area contributed by atoms with Crippen LogP contribution in [-0.4, -0.2) is 9.49 Å². The lowest BCUT2D eigenvalue weighted by Crippen LogP contribution is -2.23. The summed E-state index contributed by atoms with van der Waals surface area (Å²) in [5, 5.41) is 15.3. The van der Waals surface area contributed by atoms with Crippen LogP contribution in [0.5, 0.6) is 0 Å². The van der Waals surface area contributed by atoms with Gasteiger partial charge in [-0.05, 0) is 18.6 Å². The van der Waals surface area contributed by atoms with Crippen molar-refractivity contribution in [2.24, 2.45) is 7.05 Å². The van der Waals surface area contributed by atoms with Crippen LogP contribution >= 0.6 is 0 Å². The summed E-state index contributed by atoms with van der Waals surface area (Å²) in [6.45, 7) is 1.91. The highest BCUT2D eigenvalue weighted by Crippen LogP contribution is 2.32. The van der Waals surface area contributed by atoms with Crippen molar-refractivity contribution in [3.05, 3.63) is 80.6 Å². The minimum absolute atomic E-state index is 0.180. The molecule has 0 saturated carbocycles. The van der Waals surface area contributed by atoms with Crippen molar-refractivity contribution in [1.29, 1.82) is 0 Å². The van der Waals surface area contributed by atoms with Crippen molar-refractivity contribution in [1.82, 2.24) is 4.57 Å². The van der Waals surface area contributed by atoms with Gasteiger partial charge in [0.15, 0.2) is 0 Å². The fourth-order valence-corrected chi connectivity index (χ4v) is 2.84. The van der Waals surface area contributed by atoms with Gasteiger partial charge in [0.25, 0.3) is 0 Å². The number of nitrogens with zero attached hydrogens (tertiary/aromatic N) is 2. The van der Waals surface area contributed by atoms with E-state index in [1.807, 2.05) is 37.3 Å². The maximum atomic E-state index is 12.4. The minimum atomic E-state index is -0.624. The number of pyridine rings is 1. The third-order valence-corrected chi connectivity index (χ3v) is 4.12. The molecule has 0 fully saturated rings. The van der Waals surface area contributed by atoms with E-state index in [0.717, 1.165) is 5.56 Å². The molecule has 1 atom stereocenters. The van der Waals surface area contributed by atoms with Crippen LogP contribution in [0.3, 0.4) is 0 Å². The first-order valence-corrected chi connectivity index (χ1v) is 7.58. The number of hydrogen-bond donors (Lipinski definition) is 1. The van der Waals surface area contributed by atoms with E-state index in [0.29, 0.717) is 10.9 Å². The second-order valence-electron chi connectivity index (χ2n) is 5.64. The van der Waals surface area contributed by atoms with E-state index in [2.05, 4.69) is 5.32 Å². The van der Waals surface area contributed by atoms with Crippen LogP contribution in [0.1, 0.15) is 18.5 Å². The highest BCUT2D eigenvalue weighted by atomic mass is 16.6. The molecule has 3 aromatic rings. The van der Waals surface area contributed by atoms with E-state index in [1.165, 1.54) is 4.57 Å². The molecular weight excluding hydrogens is 306 g/mol. The van der Waals surface area contributed by atoms with Gasteiger partial charge in [-0.1, -0.05) is 48.5 Å². The molecule has 0 bridgehead atoms. The molecule has 0 amide bonds. The number of para-hydroxylation sites is 1. The lowest BCUT2D eigenvalue weighted by molar-refractivity contribution is -0.385. The van der Waals surface area contributed by atoms with Crippen LogP contribution in [0.4, 0.5) is 11.4 Å². The fourth-order valence-electron chi connectivity index (χ4n) is 2.84. The lowest BCUT2D eigenvalue weighted by Gasteiger charge is -2.18.